The Hall–Kier alpha value is -1.48. The molecule has 144 valence electrons. The van der Waals surface area contributed by atoms with Crippen LogP contribution >= 0.6 is 0 Å². The third-order valence-corrected chi connectivity index (χ3v) is 8.88. The molecule has 0 aliphatic heterocycles. The molecule has 2 saturated carbocycles. The average molecular weight is 365 g/mol. The Morgan fingerprint density at radius 1 is 1.11 bits per heavy atom. The Kier molecular flexibility index (Phi) is 3.92. The first kappa shape index (κ1) is 17.6. The van der Waals surface area contributed by atoms with Crippen LogP contribution in [0, 0.1) is 28.6 Å². The standard InChI is InChI=1S/C24H32N2O/c1-22-11-4-7-19(22)18-9-8-17-6-3-12-24(27,16-21-25-14-5-15-26-21)23(17,2)20(18)10-13-22/h4-5,8,11,14-15,18-20,27H,3,6-7,9-10,12-13,16H2,1-2H3/t18-,19-,20-,22-,23-,24?/m0/s1. The Bertz CT molecular complexity index is 787. The topological polar surface area (TPSA) is 46.0 Å². The van der Waals surface area contributed by atoms with E-state index in [1.165, 1.54) is 31.3 Å². The van der Waals surface area contributed by atoms with E-state index in [1.807, 2.05) is 6.07 Å². The van der Waals surface area contributed by atoms with Gasteiger partial charge in [-0.15, -0.1) is 0 Å². The molecule has 0 aromatic carbocycles. The van der Waals surface area contributed by atoms with Gasteiger partial charge in [0.15, 0.2) is 0 Å². The van der Waals surface area contributed by atoms with Crippen LogP contribution in [0.2, 0.25) is 0 Å². The number of aromatic nitrogens is 2. The molecule has 4 aliphatic rings. The maximum Gasteiger partial charge on any atom is 0.131 e. The lowest BCUT2D eigenvalue weighted by Gasteiger charge is -2.62. The van der Waals surface area contributed by atoms with Crippen LogP contribution in [-0.4, -0.2) is 20.7 Å². The summed E-state index contributed by atoms with van der Waals surface area (Å²) in [6, 6.07) is 1.85. The number of hydrogen-bond acceptors (Lipinski definition) is 3. The molecule has 1 unspecified atom stereocenters. The van der Waals surface area contributed by atoms with Crippen molar-refractivity contribution in [3.8, 4) is 0 Å². The zero-order chi connectivity index (χ0) is 18.7. The van der Waals surface area contributed by atoms with Gasteiger partial charge in [-0.1, -0.05) is 37.6 Å². The molecule has 0 saturated heterocycles. The van der Waals surface area contributed by atoms with E-state index in [1.54, 1.807) is 12.4 Å². The van der Waals surface area contributed by atoms with Crippen LogP contribution in [-0.2, 0) is 6.42 Å². The summed E-state index contributed by atoms with van der Waals surface area (Å²) < 4.78 is 0. The lowest BCUT2D eigenvalue weighted by Crippen LogP contribution is -2.60. The quantitative estimate of drug-likeness (QED) is 0.761. The maximum absolute atomic E-state index is 12.1. The summed E-state index contributed by atoms with van der Waals surface area (Å²) in [6.07, 6.45) is 19.6. The highest BCUT2D eigenvalue weighted by Crippen LogP contribution is 2.65. The Labute approximate surface area is 163 Å². The van der Waals surface area contributed by atoms with Gasteiger partial charge in [0.05, 0.1) is 5.60 Å². The highest BCUT2D eigenvalue weighted by molar-refractivity contribution is 5.31. The van der Waals surface area contributed by atoms with Crippen molar-refractivity contribution in [2.24, 2.45) is 28.6 Å². The smallest absolute Gasteiger partial charge is 0.131 e. The van der Waals surface area contributed by atoms with Gasteiger partial charge in [-0.25, -0.2) is 9.97 Å². The lowest BCUT2D eigenvalue weighted by atomic mass is 9.44. The molecule has 4 aliphatic carbocycles. The largest absolute Gasteiger partial charge is 0.389 e. The van der Waals surface area contributed by atoms with E-state index in [4.69, 9.17) is 0 Å². The maximum atomic E-state index is 12.1. The van der Waals surface area contributed by atoms with E-state index in [0.717, 1.165) is 31.0 Å². The van der Waals surface area contributed by atoms with Crippen LogP contribution in [0.1, 0.15) is 64.6 Å². The van der Waals surface area contributed by atoms with Crippen LogP contribution in [0.5, 0.6) is 0 Å². The summed E-state index contributed by atoms with van der Waals surface area (Å²) in [6.45, 7) is 4.84. The van der Waals surface area contributed by atoms with Gasteiger partial charge in [0, 0.05) is 24.2 Å². The van der Waals surface area contributed by atoms with Crippen molar-refractivity contribution in [3.63, 3.8) is 0 Å². The van der Waals surface area contributed by atoms with Gasteiger partial charge >= 0.3 is 0 Å². The Morgan fingerprint density at radius 2 is 1.93 bits per heavy atom. The number of fused-ring (bicyclic) bond motifs is 5. The van der Waals surface area contributed by atoms with Crippen molar-refractivity contribution in [2.45, 2.75) is 70.8 Å². The minimum atomic E-state index is -0.735. The highest BCUT2D eigenvalue weighted by Gasteiger charge is 2.61. The summed E-state index contributed by atoms with van der Waals surface area (Å²) >= 11 is 0. The molecule has 0 amide bonds. The molecule has 3 nitrogen and oxygen atoms in total. The second kappa shape index (κ2) is 6.01. The van der Waals surface area contributed by atoms with Crippen LogP contribution < -0.4 is 0 Å². The van der Waals surface area contributed by atoms with Crippen molar-refractivity contribution >= 4 is 0 Å². The molecule has 1 aromatic rings. The summed E-state index contributed by atoms with van der Waals surface area (Å²) in [4.78, 5) is 8.91. The zero-order valence-corrected chi connectivity index (χ0v) is 16.7. The summed E-state index contributed by atoms with van der Waals surface area (Å²) in [5.74, 6) is 2.79. The fourth-order valence-electron chi connectivity index (χ4n) is 7.34. The first-order valence-corrected chi connectivity index (χ1v) is 10.8. The van der Waals surface area contributed by atoms with Crippen molar-refractivity contribution in [2.75, 3.05) is 0 Å². The zero-order valence-electron chi connectivity index (χ0n) is 16.7. The fraction of sp³-hybridized carbons (Fsp3) is 0.667. The molecule has 2 fully saturated rings. The molecule has 6 atom stereocenters. The third kappa shape index (κ3) is 2.43. The first-order valence-electron chi connectivity index (χ1n) is 10.8. The van der Waals surface area contributed by atoms with Crippen LogP contribution in [0.15, 0.2) is 42.3 Å². The van der Waals surface area contributed by atoms with Crippen LogP contribution in [0.25, 0.3) is 0 Å². The van der Waals surface area contributed by atoms with Gasteiger partial charge in [0.1, 0.15) is 5.82 Å². The Balaban J connectivity index is 1.54. The van der Waals surface area contributed by atoms with E-state index in [9.17, 15) is 5.11 Å². The molecule has 3 heteroatoms. The molecule has 1 heterocycles. The average Bonchev–Trinajstić information content (AvgIpc) is 3.05. The summed E-state index contributed by atoms with van der Waals surface area (Å²) in [7, 11) is 0. The predicted octanol–water partition coefficient (Wildman–Crippen LogP) is 4.88. The highest BCUT2D eigenvalue weighted by atomic mass is 16.3. The van der Waals surface area contributed by atoms with E-state index in [-0.39, 0.29) is 5.41 Å². The van der Waals surface area contributed by atoms with Gasteiger partial charge in [0.25, 0.3) is 0 Å². The predicted molar refractivity (Wildman–Crippen MR) is 107 cm³/mol. The number of aliphatic hydroxyl groups is 1. The van der Waals surface area contributed by atoms with Crippen molar-refractivity contribution in [1.82, 2.24) is 9.97 Å². The molecule has 1 aromatic heterocycles. The third-order valence-electron chi connectivity index (χ3n) is 8.88. The number of rotatable bonds is 2. The minimum absolute atomic E-state index is 0.142. The number of allylic oxidation sites excluding steroid dienone is 3. The summed E-state index contributed by atoms with van der Waals surface area (Å²) in [5.41, 5.74) is 1.01. The van der Waals surface area contributed by atoms with E-state index >= 15 is 0 Å². The van der Waals surface area contributed by atoms with Gasteiger partial charge < -0.3 is 5.11 Å². The second-order valence-electron chi connectivity index (χ2n) is 9.95. The van der Waals surface area contributed by atoms with Gasteiger partial charge in [0.2, 0.25) is 0 Å². The van der Waals surface area contributed by atoms with Gasteiger partial charge in [-0.3, -0.25) is 0 Å². The van der Waals surface area contributed by atoms with Crippen LogP contribution in [0.3, 0.4) is 0 Å². The monoisotopic (exact) mass is 364 g/mol. The lowest BCUT2D eigenvalue weighted by molar-refractivity contribution is -0.145. The van der Waals surface area contributed by atoms with Crippen LogP contribution in [0.4, 0.5) is 0 Å². The van der Waals surface area contributed by atoms with E-state index in [2.05, 4.69) is 42.0 Å². The minimum Gasteiger partial charge on any atom is -0.389 e. The second-order valence-corrected chi connectivity index (χ2v) is 9.95. The number of nitrogens with zero attached hydrogens (tertiary/aromatic N) is 2. The Morgan fingerprint density at radius 3 is 2.74 bits per heavy atom. The van der Waals surface area contributed by atoms with Crippen molar-refractivity contribution in [1.29, 1.82) is 0 Å². The molecular formula is C24H32N2O. The summed E-state index contributed by atoms with van der Waals surface area (Å²) in [5, 5.41) is 12.1. The van der Waals surface area contributed by atoms with E-state index in [0.29, 0.717) is 23.7 Å². The molecule has 5 rings (SSSR count). The van der Waals surface area contributed by atoms with Crippen molar-refractivity contribution < 1.29 is 5.11 Å². The molecule has 27 heavy (non-hydrogen) atoms. The molecule has 0 radical (unpaired) electrons. The van der Waals surface area contributed by atoms with Crippen molar-refractivity contribution in [3.05, 3.63) is 48.1 Å². The molecular weight excluding hydrogens is 332 g/mol. The SMILES string of the molecule is C[C@@]12C=CC[C@H]1[C@@H]1CC=C3CCCC(O)(Cc4ncccn4)[C@]3(C)[C@H]1CC2. The first-order chi connectivity index (χ1) is 13.0. The van der Waals surface area contributed by atoms with Gasteiger partial charge in [-0.05, 0) is 74.2 Å². The fourth-order valence-corrected chi connectivity index (χ4v) is 7.34. The number of hydrogen-bond donors (Lipinski definition) is 1. The van der Waals surface area contributed by atoms with Gasteiger partial charge in [-0.2, -0.15) is 0 Å². The molecule has 0 spiro atoms. The normalized spacial score (nSPS) is 45.6. The molecule has 0 bridgehead atoms. The molecule has 1 N–H and O–H groups in total. The van der Waals surface area contributed by atoms with E-state index < -0.39 is 5.60 Å².